The van der Waals surface area contributed by atoms with Gasteiger partial charge in [0, 0.05) is 18.6 Å². The molecule has 130 valence electrons. The highest BCUT2D eigenvalue weighted by molar-refractivity contribution is 5.86. The fraction of sp³-hybridized carbons (Fsp3) is 0.273. The van der Waals surface area contributed by atoms with Gasteiger partial charge in [0.25, 0.3) is 0 Å². The van der Waals surface area contributed by atoms with Crippen molar-refractivity contribution in [3.05, 3.63) is 83.9 Å². The Morgan fingerprint density at radius 1 is 0.920 bits per heavy atom. The van der Waals surface area contributed by atoms with Crippen molar-refractivity contribution in [1.29, 1.82) is 0 Å². The van der Waals surface area contributed by atoms with E-state index in [1.54, 1.807) is 0 Å². The summed E-state index contributed by atoms with van der Waals surface area (Å²) in [5.41, 5.74) is 8.56. The highest BCUT2D eigenvalue weighted by Gasteiger charge is 2.17. The van der Waals surface area contributed by atoms with Crippen LogP contribution in [0, 0.1) is 0 Å². The van der Waals surface area contributed by atoms with E-state index in [4.69, 9.17) is 5.73 Å². The van der Waals surface area contributed by atoms with Crippen LogP contribution >= 0.6 is 0 Å². The number of rotatable bonds is 7. The monoisotopic (exact) mass is 334 g/mol. The Balaban J connectivity index is 1.60. The fourth-order valence-electron chi connectivity index (χ4n) is 3.21. The van der Waals surface area contributed by atoms with E-state index in [9.17, 15) is 5.11 Å². The average molecular weight is 334 g/mol. The molecule has 3 atom stereocenters. The Kier molecular flexibility index (Phi) is 5.82. The number of nitrogens with two attached hydrogens (primary N) is 1. The second-order valence-electron chi connectivity index (χ2n) is 6.62. The standard InChI is InChI=1S/C22H26N2O/c1-16(19-13-7-11-18-10-5-6-12-20(18)19)24-15-22(25)21(23)14-17-8-3-2-4-9-17/h2-13,16,21-22,24-25H,14-15,23H2,1H3/t16-,21-,22+/m0/s1. The minimum Gasteiger partial charge on any atom is -0.390 e. The maximum Gasteiger partial charge on any atom is 0.0818 e. The van der Waals surface area contributed by atoms with Crippen molar-refractivity contribution in [1.82, 2.24) is 5.32 Å². The molecule has 0 aliphatic rings. The third-order valence-corrected chi connectivity index (χ3v) is 4.73. The summed E-state index contributed by atoms with van der Waals surface area (Å²) in [7, 11) is 0. The van der Waals surface area contributed by atoms with Gasteiger partial charge in [-0.1, -0.05) is 72.8 Å². The van der Waals surface area contributed by atoms with Crippen molar-refractivity contribution in [3.8, 4) is 0 Å². The van der Waals surface area contributed by atoms with Crippen LogP contribution in [0.2, 0.25) is 0 Å². The Hall–Kier alpha value is -2.20. The highest BCUT2D eigenvalue weighted by atomic mass is 16.3. The van der Waals surface area contributed by atoms with E-state index in [0.717, 1.165) is 5.56 Å². The van der Waals surface area contributed by atoms with Crippen LogP contribution in [0.4, 0.5) is 0 Å². The highest BCUT2D eigenvalue weighted by Crippen LogP contribution is 2.24. The predicted octanol–water partition coefficient (Wildman–Crippen LogP) is 3.42. The van der Waals surface area contributed by atoms with Gasteiger partial charge in [0.05, 0.1) is 6.10 Å². The van der Waals surface area contributed by atoms with Gasteiger partial charge in [-0.2, -0.15) is 0 Å². The smallest absolute Gasteiger partial charge is 0.0818 e. The molecule has 0 unspecified atom stereocenters. The van der Waals surface area contributed by atoms with Crippen LogP contribution in [-0.2, 0) is 6.42 Å². The van der Waals surface area contributed by atoms with E-state index in [2.05, 4.69) is 54.7 Å². The molecule has 3 rings (SSSR count). The van der Waals surface area contributed by atoms with E-state index in [1.807, 2.05) is 30.3 Å². The molecule has 0 aliphatic heterocycles. The molecule has 0 radical (unpaired) electrons. The van der Waals surface area contributed by atoms with Crippen molar-refractivity contribution < 1.29 is 5.11 Å². The minimum atomic E-state index is -0.586. The van der Waals surface area contributed by atoms with Crippen LogP contribution in [0.15, 0.2) is 72.8 Å². The Labute approximate surface area is 149 Å². The molecule has 0 heterocycles. The molecule has 25 heavy (non-hydrogen) atoms. The van der Waals surface area contributed by atoms with Gasteiger partial charge < -0.3 is 16.2 Å². The van der Waals surface area contributed by atoms with Gasteiger partial charge in [-0.15, -0.1) is 0 Å². The quantitative estimate of drug-likeness (QED) is 0.620. The normalized spacial score (nSPS) is 15.0. The van der Waals surface area contributed by atoms with Gasteiger partial charge in [-0.25, -0.2) is 0 Å². The molecule has 3 aromatic rings. The predicted molar refractivity (Wildman–Crippen MR) is 104 cm³/mol. The molecular weight excluding hydrogens is 308 g/mol. The van der Waals surface area contributed by atoms with Crippen LogP contribution in [-0.4, -0.2) is 23.8 Å². The van der Waals surface area contributed by atoms with E-state index in [0.29, 0.717) is 13.0 Å². The first-order chi connectivity index (χ1) is 12.1. The molecule has 0 amide bonds. The van der Waals surface area contributed by atoms with Gasteiger partial charge in [0.2, 0.25) is 0 Å². The molecule has 3 heteroatoms. The maximum absolute atomic E-state index is 10.4. The van der Waals surface area contributed by atoms with Crippen molar-refractivity contribution in [2.45, 2.75) is 31.5 Å². The first kappa shape index (κ1) is 17.6. The second kappa shape index (κ2) is 8.26. The van der Waals surface area contributed by atoms with Crippen LogP contribution in [0.5, 0.6) is 0 Å². The summed E-state index contributed by atoms with van der Waals surface area (Å²) in [6, 6.07) is 24.6. The SMILES string of the molecule is C[C@H](NC[C@@H](O)[C@@H](N)Cc1ccccc1)c1cccc2ccccc12. The molecule has 4 N–H and O–H groups in total. The van der Waals surface area contributed by atoms with Gasteiger partial charge in [-0.3, -0.25) is 0 Å². The second-order valence-corrected chi connectivity index (χ2v) is 6.62. The summed E-state index contributed by atoms with van der Waals surface area (Å²) in [5, 5.41) is 16.3. The largest absolute Gasteiger partial charge is 0.390 e. The third-order valence-electron chi connectivity index (χ3n) is 4.73. The zero-order valence-electron chi connectivity index (χ0n) is 14.6. The lowest BCUT2D eigenvalue weighted by atomic mass is 9.98. The lowest BCUT2D eigenvalue weighted by Gasteiger charge is -2.23. The van der Waals surface area contributed by atoms with Gasteiger partial charge >= 0.3 is 0 Å². The molecule has 0 aliphatic carbocycles. The third kappa shape index (κ3) is 4.45. The first-order valence-electron chi connectivity index (χ1n) is 8.84. The topological polar surface area (TPSA) is 58.3 Å². The molecular formula is C22H26N2O. The summed E-state index contributed by atoms with van der Waals surface area (Å²) in [6.07, 6.45) is 0.0874. The van der Waals surface area contributed by atoms with Gasteiger partial charge in [0.1, 0.15) is 0 Å². The molecule has 3 aromatic carbocycles. The van der Waals surface area contributed by atoms with E-state index < -0.39 is 6.10 Å². The van der Waals surface area contributed by atoms with Crippen LogP contribution in [0.1, 0.15) is 24.1 Å². The summed E-state index contributed by atoms with van der Waals surface area (Å²) in [6.45, 7) is 2.59. The number of fused-ring (bicyclic) bond motifs is 1. The molecule has 0 fully saturated rings. The Bertz CT molecular complexity index is 798. The number of aliphatic hydroxyl groups is 1. The van der Waals surface area contributed by atoms with E-state index in [-0.39, 0.29) is 12.1 Å². The zero-order chi connectivity index (χ0) is 17.6. The zero-order valence-corrected chi connectivity index (χ0v) is 14.6. The van der Waals surface area contributed by atoms with Crippen molar-refractivity contribution in [3.63, 3.8) is 0 Å². The van der Waals surface area contributed by atoms with Crippen LogP contribution < -0.4 is 11.1 Å². The lowest BCUT2D eigenvalue weighted by molar-refractivity contribution is 0.138. The number of hydrogen-bond acceptors (Lipinski definition) is 3. The number of nitrogens with one attached hydrogen (secondary N) is 1. The lowest BCUT2D eigenvalue weighted by Crippen LogP contribution is -2.43. The Morgan fingerprint density at radius 2 is 1.60 bits per heavy atom. The van der Waals surface area contributed by atoms with E-state index in [1.165, 1.54) is 16.3 Å². The Morgan fingerprint density at radius 3 is 2.40 bits per heavy atom. The number of hydrogen-bond donors (Lipinski definition) is 3. The molecule has 0 saturated heterocycles. The van der Waals surface area contributed by atoms with Gasteiger partial charge in [0.15, 0.2) is 0 Å². The van der Waals surface area contributed by atoms with Gasteiger partial charge in [-0.05, 0) is 35.2 Å². The number of benzene rings is 3. The first-order valence-corrected chi connectivity index (χ1v) is 8.84. The van der Waals surface area contributed by atoms with Crippen molar-refractivity contribution >= 4 is 10.8 Å². The molecule has 0 bridgehead atoms. The summed E-state index contributed by atoms with van der Waals surface area (Å²) < 4.78 is 0. The summed E-state index contributed by atoms with van der Waals surface area (Å²) in [4.78, 5) is 0. The van der Waals surface area contributed by atoms with Crippen molar-refractivity contribution in [2.24, 2.45) is 5.73 Å². The fourth-order valence-corrected chi connectivity index (χ4v) is 3.21. The van der Waals surface area contributed by atoms with Crippen LogP contribution in [0.3, 0.4) is 0 Å². The number of aliphatic hydroxyl groups excluding tert-OH is 1. The minimum absolute atomic E-state index is 0.143. The summed E-state index contributed by atoms with van der Waals surface area (Å²) in [5.74, 6) is 0. The molecule has 0 aromatic heterocycles. The van der Waals surface area contributed by atoms with Crippen molar-refractivity contribution in [2.75, 3.05) is 6.54 Å². The van der Waals surface area contributed by atoms with Crippen LogP contribution in [0.25, 0.3) is 10.8 Å². The molecule has 0 spiro atoms. The maximum atomic E-state index is 10.4. The average Bonchev–Trinajstić information content (AvgIpc) is 2.66. The molecule has 3 nitrogen and oxygen atoms in total. The molecule has 0 saturated carbocycles. The summed E-state index contributed by atoms with van der Waals surface area (Å²) >= 11 is 0. The van der Waals surface area contributed by atoms with E-state index >= 15 is 0 Å².